The summed E-state index contributed by atoms with van der Waals surface area (Å²) < 4.78 is 5.29. The average Bonchev–Trinajstić information content (AvgIpc) is 3.04. The summed E-state index contributed by atoms with van der Waals surface area (Å²) in [4.78, 5) is 33.0. The van der Waals surface area contributed by atoms with Crippen molar-refractivity contribution >= 4 is 17.4 Å². The van der Waals surface area contributed by atoms with Gasteiger partial charge in [0, 0.05) is 18.0 Å². The minimum absolute atomic E-state index is 0.107. The van der Waals surface area contributed by atoms with Crippen LogP contribution >= 0.6 is 0 Å². The zero-order chi connectivity index (χ0) is 22.5. The van der Waals surface area contributed by atoms with Crippen LogP contribution in [0.15, 0.2) is 48.3 Å². The first-order valence-corrected chi connectivity index (χ1v) is 10.6. The first-order chi connectivity index (χ1) is 14.9. The fraction of sp³-hybridized carbons (Fsp3) is 0.375. The van der Waals surface area contributed by atoms with Crippen LogP contribution in [0, 0.1) is 6.92 Å². The summed E-state index contributed by atoms with van der Waals surface area (Å²) >= 11 is 0. The number of carbonyl (C=O) groups excluding carboxylic acids is 2. The number of hydrogen-bond acceptors (Lipinski definition) is 5. The Balaban J connectivity index is 2.08. The van der Waals surface area contributed by atoms with E-state index in [9.17, 15) is 14.7 Å². The Bertz CT molecular complexity index is 984. The molecule has 1 unspecified atom stereocenters. The van der Waals surface area contributed by atoms with Gasteiger partial charge in [-0.25, -0.2) is 0 Å². The SMILES string of the molecule is CC[NH+](CC)CCN1C(=O)C(=O)C(=C(O)c2ccc(OC)c(C)c2)C1c1ccncc1. The molecule has 0 spiro atoms. The van der Waals surface area contributed by atoms with Crippen LogP contribution in [0.4, 0.5) is 0 Å². The van der Waals surface area contributed by atoms with E-state index in [0.29, 0.717) is 17.9 Å². The van der Waals surface area contributed by atoms with Crippen LogP contribution in [-0.2, 0) is 9.59 Å². The van der Waals surface area contributed by atoms with E-state index in [1.807, 2.05) is 6.92 Å². The predicted molar refractivity (Wildman–Crippen MR) is 118 cm³/mol. The average molecular weight is 425 g/mol. The second-order valence-corrected chi connectivity index (χ2v) is 7.66. The van der Waals surface area contributed by atoms with Crippen LogP contribution in [0.2, 0.25) is 0 Å². The minimum Gasteiger partial charge on any atom is -0.507 e. The molecule has 2 N–H and O–H groups in total. The zero-order valence-corrected chi connectivity index (χ0v) is 18.5. The Kier molecular flexibility index (Phi) is 7.07. The lowest BCUT2D eigenvalue weighted by molar-refractivity contribution is -0.895. The minimum atomic E-state index is -0.665. The molecule has 1 amide bonds. The van der Waals surface area contributed by atoms with Gasteiger partial charge in [0.1, 0.15) is 11.5 Å². The molecule has 0 aliphatic carbocycles. The van der Waals surface area contributed by atoms with Crippen molar-refractivity contribution in [3.05, 3.63) is 65.0 Å². The molecule has 2 aromatic rings. The normalized spacial score (nSPS) is 18.1. The van der Waals surface area contributed by atoms with E-state index in [4.69, 9.17) is 4.74 Å². The smallest absolute Gasteiger partial charge is 0.295 e. The van der Waals surface area contributed by atoms with Crippen molar-refractivity contribution in [2.24, 2.45) is 0 Å². The van der Waals surface area contributed by atoms with Crippen molar-refractivity contribution in [3.8, 4) is 5.75 Å². The van der Waals surface area contributed by atoms with Gasteiger partial charge >= 0.3 is 0 Å². The van der Waals surface area contributed by atoms with Gasteiger partial charge in [-0.05, 0) is 62.2 Å². The molecule has 1 aromatic heterocycles. The van der Waals surface area contributed by atoms with E-state index in [1.165, 1.54) is 4.90 Å². The van der Waals surface area contributed by atoms with Crippen LogP contribution in [0.3, 0.4) is 0 Å². The number of pyridine rings is 1. The maximum atomic E-state index is 13.0. The molecule has 164 valence electrons. The van der Waals surface area contributed by atoms with Gasteiger partial charge in [-0.15, -0.1) is 0 Å². The highest BCUT2D eigenvalue weighted by Gasteiger charge is 2.46. The Morgan fingerprint density at radius 1 is 1.16 bits per heavy atom. The molecule has 31 heavy (non-hydrogen) atoms. The number of likely N-dealkylation sites (tertiary alicyclic amines) is 1. The number of carbonyl (C=O) groups is 2. The summed E-state index contributed by atoms with van der Waals surface area (Å²) in [6.07, 6.45) is 3.26. The summed E-state index contributed by atoms with van der Waals surface area (Å²) in [6.45, 7) is 9.08. The molecule has 1 aromatic carbocycles. The van der Waals surface area contributed by atoms with Crippen molar-refractivity contribution < 1.29 is 24.3 Å². The van der Waals surface area contributed by atoms with Crippen molar-refractivity contribution in [1.82, 2.24) is 9.88 Å². The molecule has 1 aliphatic heterocycles. The van der Waals surface area contributed by atoms with E-state index in [0.717, 1.165) is 30.8 Å². The second kappa shape index (κ2) is 9.75. The van der Waals surface area contributed by atoms with Crippen LogP contribution in [0.1, 0.15) is 36.6 Å². The highest BCUT2D eigenvalue weighted by Crippen LogP contribution is 2.39. The lowest BCUT2D eigenvalue weighted by Crippen LogP contribution is -3.12. The van der Waals surface area contributed by atoms with Gasteiger partial charge in [0.25, 0.3) is 11.7 Å². The van der Waals surface area contributed by atoms with Crippen molar-refractivity contribution in [1.29, 1.82) is 0 Å². The third-order valence-electron chi connectivity index (χ3n) is 5.94. The molecule has 0 saturated carbocycles. The van der Waals surface area contributed by atoms with Crippen LogP contribution in [0.25, 0.3) is 5.76 Å². The number of nitrogens with zero attached hydrogens (tertiary/aromatic N) is 2. The van der Waals surface area contributed by atoms with Crippen LogP contribution in [0.5, 0.6) is 5.75 Å². The Hall–Kier alpha value is -3.19. The number of rotatable bonds is 8. The molecular weight excluding hydrogens is 394 g/mol. The number of ketones is 1. The van der Waals surface area contributed by atoms with Gasteiger partial charge in [-0.1, -0.05) is 0 Å². The molecule has 1 atom stereocenters. The predicted octanol–water partition coefficient (Wildman–Crippen LogP) is 1.75. The van der Waals surface area contributed by atoms with E-state index in [-0.39, 0.29) is 11.3 Å². The third-order valence-corrected chi connectivity index (χ3v) is 5.94. The lowest BCUT2D eigenvalue weighted by Gasteiger charge is -2.26. The maximum Gasteiger partial charge on any atom is 0.295 e. The first-order valence-electron chi connectivity index (χ1n) is 10.6. The highest BCUT2D eigenvalue weighted by atomic mass is 16.5. The summed E-state index contributed by atoms with van der Waals surface area (Å²) in [7, 11) is 1.58. The number of benzene rings is 1. The summed E-state index contributed by atoms with van der Waals surface area (Å²) in [6, 6.07) is 8.09. The number of nitrogens with one attached hydrogen (secondary N) is 1. The largest absolute Gasteiger partial charge is 0.507 e. The maximum absolute atomic E-state index is 13.0. The van der Waals surface area contributed by atoms with Crippen molar-refractivity contribution in [3.63, 3.8) is 0 Å². The second-order valence-electron chi connectivity index (χ2n) is 7.66. The van der Waals surface area contributed by atoms with E-state index < -0.39 is 17.7 Å². The lowest BCUT2D eigenvalue weighted by atomic mass is 9.95. The number of aromatic nitrogens is 1. The number of aliphatic hydroxyl groups is 1. The summed E-state index contributed by atoms with van der Waals surface area (Å²) in [5.74, 6) is -0.740. The number of likely N-dealkylation sites (N-methyl/N-ethyl adjacent to an activating group) is 1. The number of amides is 1. The Morgan fingerprint density at radius 3 is 2.42 bits per heavy atom. The van der Waals surface area contributed by atoms with Crippen LogP contribution < -0.4 is 9.64 Å². The molecule has 7 nitrogen and oxygen atoms in total. The number of aryl methyl sites for hydroxylation is 1. The van der Waals surface area contributed by atoms with Gasteiger partial charge in [-0.3, -0.25) is 14.6 Å². The molecular formula is C24H30N3O4+. The number of Topliss-reactive ketones (excluding diaryl/α,β-unsaturated/α-hetero) is 1. The van der Waals surface area contributed by atoms with Gasteiger partial charge in [-0.2, -0.15) is 0 Å². The zero-order valence-electron chi connectivity index (χ0n) is 18.5. The Labute approximate surface area is 183 Å². The number of quaternary nitrogens is 1. The fourth-order valence-corrected chi connectivity index (χ4v) is 4.07. The number of hydrogen-bond donors (Lipinski definition) is 2. The number of methoxy groups -OCH3 is 1. The van der Waals surface area contributed by atoms with Crippen molar-refractivity contribution in [2.75, 3.05) is 33.3 Å². The molecule has 3 rings (SSSR count). The topological polar surface area (TPSA) is 84.2 Å². The number of aliphatic hydroxyl groups excluding tert-OH is 1. The molecule has 0 radical (unpaired) electrons. The van der Waals surface area contributed by atoms with Crippen molar-refractivity contribution in [2.45, 2.75) is 26.8 Å². The van der Waals surface area contributed by atoms with Gasteiger partial charge in [0.15, 0.2) is 0 Å². The molecule has 7 heteroatoms. The molecule has 0 bridgehead atoms. The summed E-state index contributed by atoms with van der Waals surface area (Å²) in [5, 5.41) is 11.1. The number of ether oxygens (including phenoxy) is 1. The van der Waals surface area contributed by atoms with Gasteiger partial charge < -0.3 is 19.6 Å². The van der Waals surface area contributed by atoms with Gasteiger partial charge in [0.2, 0.25) is 0 Å². The Morgan fingerprint density at radius 2 is 1.84 bits per heavy atom. The highest BCUT2D eigenvalue weighted by molar-refractivity contribution is 6.46. The fourth-order valence-electron chi connectivity index (χ4n) is 4.07. The molecule has 2 heterocycles. The van der Waals surface area contributed by atoms with E-state index in [1.54, 1.807) is 54.7 Å². The first kappa shape index (κ1) is 22.5. The van der Waals surface area contributed by atoms with Gasteiger partial charge in [0.05, 0.1) is 44.9 Å². The summed E-state index contributed by atoms with van der Waals surface area (Å²) in [5.41, 5.74) is 2.15. The monoisotopic (exact) mass is 424 g/mol. The molecule has 1 aliphatic rings. The van der Waals surface area contributed by atoms with E-state index >= 15 is 0 Å². The standard InChI is InChI=1S/C24H29N3O4/c1-5-26(6-2)13-14-27-21(17-9-11-25-12-10-17)20(23(29)24(27)30)22(28)18-7-8-19(31-4)16(3)15-18/h7-12,15,21,28H,5-6,13-14H2,1-4H3/p+1. The van der Waals surface area contributed by atoms with E-state index in [2.05, 4.69) is 18.8 Å². The van der Waals surface area contributed by atoms with Crippen LogP contribution in [-0.4, -0.2) is 60.0 Å². The molecule has 1 fully saturated rings. The molecule has 1 saturated heterocycles. The third kappa shape index (κ3) is 4.46. The quantitative estimate of drug-likeness (QED) is 0.383.